The first-order chi connectivity index (χ1) is 10.1. The molecule has 0 saturated carbocycles. The number of nitrogens with zero attached hydrogens (tertiary/aromatic N) is 2. The van der Waals surface area contributed by atoms with Crippen LogP contribution in [0.4, 0.5) is 4.39 Å². The van der Waals surface area contributed by atoms with Gasteiger partial charge in [-0.05, 0) is 43.3 Å². The van der Waals surface area contributed by atoms with Crippen LogP contribution in [0.15, 0.2) is 36.4 Å². The standard InChI is InChI=1S/C18H21FN2/c1-4-13(2)7-10-21-17-6-5-14(19)11-15(17)16-12-20(3)9-8-18(16)21/h5-7,10-11H,2,4,8-9,12H2,1,3H3/b10-7-. The number of fused-ring (bicyclic) bond motifs is 3. The number of rotatable bonds is 3. The molecule has 110 valence electrons. The van der Waals surface area contributed by atoms with Crippen LogP contribution < -0.4 is 0 Å². The van der Waals surface area contributed by atoms with Crippen molar-refractivity contribution in [3.63, 3.8) is 0 Å². The number of benzene rings is 1. The van der Waals surface area contributed by atoms with Gasteiger partial charge in [0, 0.05) is 36.8 Å². The molecule has 3 rings (SSSR count). The van der Waals surface area contributed by atoms with E-state index in [2.05, 4.69) is 42.3 Å². The Labute approximate surface area is 125 Å². The van der Waals surface area contributed by atoms with Gasteiger partial charge >= 0.3 is 0 Å². The molecule has 0 N–H and O–H groups in total. The van der Waals surface area contributed by atoms with E-state index >= 15 is 0 Å². The van der Waals surface area contributed by atoms with Gasteiger partial charge in [-0.2, -0.15) is 0 Å². The van der Waals surface area contributed by atoms with Crippen molar-refractivity contribution in [2.45, 2.75) is 26.3 Å². The maximum atomic E-state index is 13.6. The molecular formula is C18H21FN2. The average Bonchev–Trinajstić information content (AvgIpc) is 2.77. The van der Waals surface area contributed by atoms with Gasteiger partial charge < -0.3 is 9.47 Å². The minimum atomic E-state index is -0.169. The molecule has 3 heteroatoms. The number of aromatic nitrogens is 1. The van der Waals surface area contributed by atoms with Crippen LogP contribution >= 0.6 is 0 Å². The molecule has 0 bridgehead atoms. The highest BCUT2D eigenvalue weighted by molar-refractivity contribution is 5.87. The lowest BCUT2D eigenvalue weighted by Gasteiger charge is -2.23. The predicted octanol–water partition coefficient (Wildman–Crippen LogP) is 4.21. The highest BCUT2D eigenvalue weighted by Crippen LogP contribution is 2.31. The zero-order valence-corrected chi connectivity index (χ0v) is 12.7. The van der Waals surface area contributed by atoms with E-state index in [-0.39, 0.29) is 5.82 Å². The molecule has 1 aliphatic rings. The van der Waals surface area contributed by atoms with Crippen molar-refractivity contribution in [3.05, 3.63) is 53.5 Å². The maximum absolute atomic E-state index is 13.6. The van der Waals surface area contributed by atoms with Crippen LogP contribution in [-0.4, -0.2) is 23.1 Å². The Bertz CT molecular complexity index is 724. The zero-order valence-electron chi connectivity index (χ0n) is 12.7. The Kier molecular flexibility index (Phi) is 3.68. The lowest BCUT2D eigenvalue weighted by atomic mass is 10.1. The second-order valence-corrected chi connectivity index (χ2v) is 5.77. The molecule has 0 saturated heterocycles. The molecule has 0 aliphatic carbocycles. The fourth-order valence-electron chi connectivity index (χ4n) is 2.97. The fraction of sp³-hybridized carbons (Fsp3) is 0.333. The minimum Gasteiger partial charge on any atom is -0.320 e. The van der Waals surface area contributed by atoms with Gasteiger partial charge in [-0.25, -0.2) is 4.39 Å². The van der Waals surface area contributed by atoms with Gasteiger partial charge in [0.25, 0.3) is 0 Å². The van der Waals surface area contributed by atoms with Crippen LogP contribution in [0.3, 0.4) is 0 Å². The van der Waals surface area contributed by atoms with E-state index in [0.29, 0.717) is 0 Å². The highest BCUT2D eigenvalue weighted by Gasteiger charge is 2.21. The third-order valence-electron chi connectivity index (χ3n) is 4.25. The first-order valence-electron chi connectivity index (χ1n) is 7.46. The van der Waals surface area contributed by atoms with E-state index in [1.54, 1.807) is 6.07 Å². The summed E-state index contributed by atoms with van der Waals surface area (Å²) in [5.41, 5.74) is 4.73. The molecule has 2 heterocycles. The third kappa shape index (κ3) is 2.54. The van der Waals surface area contributed by atoms with Crippen LogP contribution in [0.25, 0.3) is 17.1 Å². The Balaban J connectivity index is 2.19. The molecule has 0 amide bonds. The summed E-state index contributed by atoms with van der Waals surface area (Å²) in [6.45, 7) is 8.04. The van der Waals surface area contributed by atoms with Crippen LogP contribution in [0.1, 0.15) is 24.6 Å². The first kappa shape index (κ1) is 14.1. The van der Waals surface area contributed by atoms with Crippen molar-refractivity contribution in [3.8, 4) is 0 Å². The second kappa shape index (κ2) is 5.49. The summed E-state index contributed by atoms with van der Waals surface area (Å²) >= 11 is 0. The summed E-state index contributed by atoms with van der Waals surface area (Å²) in [6, 6.07) is 5.07. The van der Waals surface area contributed by atoms with Gasteiger partial charge in [0.2, 0.25) is 0 Å². The number of allylic oxidation sites excluding steroid dienone is 2. The SMILES string of the molecule is C=C(/C=C\n1c2c(c3cc(F)ccc31)CN(C)CC2)CC. The quantitative estimate of drug-likeness (QED) is 0.767. The maximum Gasteiger partial charge on any atom is 0.123 e. The van der Waals surface area contributed by atoms with E-state index in [1.807, 2.05) is 6.07 Å². The van der Waals surface area contributed by atoms with Gasteiger partial charge in [-0.1, -0.05) is 19.1 Å². The smallest absolute Gasteiger partial charge is 0.123 e. The van der Waals surface area contributed by atoms with Gasteiger partial charge in [-0.15, -0.1) is 0 Å². The number of likely N-dealkylation sites (N-methyl/N-ethyl adjacent to an activating group) is 1. The van der Waals surface area contributed by atoms with E-state index in [1.165, 1.54) is 17.3 Å². The first-order valence-corrected chi connectivity index (χ1v) is 7.46. The van der Waals surface area contributed by atoms with Crippen LogP contribution in [-0.2, 0) is 13.0 Å². The van der Waals surface area contributed by atoms with E-state index in [4.69, 9.17) is 0 Å². The average molecular weight is 284 g/mol. The summed E-state index contributed by atoms with van der Waals surface area (Å²) < 4.78 is 15.8. The summed E-state index contributed by atoms with van der Waals surface area (Å²) in [5, 5.41) is 1.03. The number of hydrogen-bond donors (Lipinski definition) is 0. The predicted molar refractivity (Wildman–Crippen MR) is 86.7 cm³/mol. The summed E-state index contributed by atoms with van der Waals surface area (Å²) in [5.74, 6) is -0.169. The fourth-order valence-corrected chi connectivity index (χ4v) is 2.97. The van der Waals surface area contributed by atoms with Crippen molar-refractivity contribution in [2.24, 2.45) is 0 Å². The minimum absolute atomic E-state index is 0.169. The monoisotopic (exact) mass is 284 g/mol. The summed E-state index contributed by atoms with van der Waals surface area (Å²) in [7, 11) is 2.11. The molecular weight excluding hydrogens is 263 g/mol. The van der Waals surface area contributed by atoms with Gasteiger partial charge in [-0.3, -0.25) is 0 Å². The normalized spacial score (nSPS) is 15.8. The highest BCUT2D eigenvalue weighted by atomic mass is 19.1. The Hall–Kier alpha value is -1.87. The van der Waals surface area contributed by atoms with E-state index in [0.717, 1.165) is 42.4 Å². The van der Waals surface area contributed by atoms with Gasteiger partial charge in [0.05, 0.1) is 5.52 Å². The molecule has 0 spiro atoms. The van der Waals surface area contributed by atoms with E-state index in [9.17, 15) is 4.39 Å². The molecule has 21 heavy (non-hydrogen) atoms. The molecule has 1 aliphatic heterocycles. The molecule has 1 aromatic heterocycles. The summed E-state index contributed by atoms with van der Waals surface area (Å²) in [4.78, 5) is 2.28. The van der Waals surface area contributed by atoms with Crippen LogP contribution in [0, 0.1) is 5.82 Å². The topological polar surface area (TPSA) is 8.17 Å². The van der Waals surface area contributed by atoms with Crippen molar-refractivity contribution in [2.75, 3.05) is 13.6 Å². The largest absolute Gasteiger partial charge is 0.320 e. The second-order valence-electron chi connectivity index (χ2n) is 5.77. The lowest BCUT2D eigenvalue weighted by Crippen LogP contribution is -2.26. The molecule has 0 atom stereocenters. The molecule has 2 nitrogen and oxygen atoms in total. The van der Waals surface area contributed by atoms with E-state index < -0.39 is 0 Å². The van der Waals surface area contributed by atoms with Crippen molar-refractivity contribution in [1.82, 2.24) is 9.47 Å². The number of halogens is 1. The molecule has 2 aromatic rings. The Morgan fingerprint density at radius 2 is 2.24 bits per heavy atom. The van der Waals surface area contributed by atoms with Crippen molar-refractivity contribution >= 4 is 17.1 Å². The third-order valence-corrected chi connectivity index (χ3v) is 4.25. The van der Waals surface area contributed by atoms with Crippen LogP contribution in [0.2, 0.25) is 0 Å². The van der Waals surface area contributed by atoms with Crippen molar-refractivity contribution < 1.29 is 4.39 Å². The molecule has 1 aromatic carbocycles. The lowest BCUT2D eigenvalue weighted by molar-refractivity contribution is 0.312. The molecule has 0 radical (unpaired) electrons. The number of hydrogen-bond acceptors (Lipinski definition) is 1. The zero-order chi connectivity index (χ0) is 15.0. The Morgan fingerprint density at radius 1 is 1.43 bits per heavy atom. The van der Waals surface area contributed by atoms with Crippen LogP contribution in [0.5, 0.6) is 0 Å². The van der Waals surface area contributed by atoms with Gasteiger partial charge in [0.15, 0.2) is 0 Å². The summed E-state index contributed by atoms with van der Waals surface area (Å²) in [6.07, 6.45) is 6.07. The molecule has 0 unspecified atom stereocenters. The van der Waals surface area contributed by atoms with Crippen molar-refractivity contribution in [1.29, 1.82) is 0 Å². The Morgan fingerprint density at radius 3 is 3.00 bits per heavy atom. The van der Waals surface area contributed by atoms with Gasteiger partial charge in [0.1, 0.15) is 5.82 Å². The molecule has 0 fully saturated rings.